The lowest BCUT2D eigenvalue weighted by Gasteiger charge is -2.16. The van der Waals surface area contributed by atoms with Gasteiger partial charge in [-0.2, -0.15) is 0 Å². The van der Waals surface area contributed by atoms with Crippen molar-refractivity contribution in [1.82, 2.24) is 14.6 Å². The van der Waals surface area contributed by atoms with Crippen LogP contribution < -0.4 is 14.8 Å². The first kappa shape index (κ1) is 23.4. The van der Waals surface area contributed by atoms with Crippen molar-refractivity contribution in [2.45, 2.75) is 20.8 Å². The summed E-state index contributed by atoms with van der Waals surface area (Å²) in [6.07, 6.45) is 1.78. The second-order valence-electron chi connectivity index (χ2n) is 7.51. The van der Waals surface area contributed by atoms with Crippen molar-refractivity contribution in [2.24, 2.45) is 0 Å². The molecule has 0 saturated heterocycles. The van der Waals surface area contributed by atoms with Gasteiger partial charge in [0.15, 0.2) is 17.2 Å². The van der Waals surface area contributed by atoms with Crippen LogP contribution >= 0.6 is 0 Å². The van der Waals surface area contributed by atoms with Crippen LogP contribution in [0.1, 0.15) is 19.7 Å². The molecule has 0 fully saturated rings. The minimum atomic E-state index is -3.53. The predicted octanol–water partition coefficient (Wildman–Crippen LogP) is 4.97. The molecule has 4 aromatic rings. The monoisotopic (exact) mass is 487 g/mol. The highest BCUT2D eigenvalue weighted by atomic mass is 32.2. The normalized spacial score (nSPS) is 11.6. The average molecular weight is 488 g/mol. The van der Waals surface area contributed by atoms with Gasteiger partial charge in [0.2, 0.25) is 10.0 Å². The summed E-state index contributed by atoms with van der Waals surface area (Å²) < 4.78 is 62.1. The topological polar surface area (TPSA) is 97.6 Å². The molecule has 0 aliphatic heterocycles. The van der Waals surface area contributed by atoms with Crippen LogP contribution in [-0.4, -0.2) is 35.3 Å². The Bertz CT molecular complexity index is 1470. The number of nitrogens with zero attached hydrogens (tertiary/aromatic N) is 3. The van der Waals surface area contributed by atoms with Crippen LogP contribution in [0.3, 0.4) is 0 Å². The molecule has 2 aromatic heterocycles. The zero-order valence-corrected chi connectivity index (χ0v) is 19.6. The number of ether oxygens (including phenoxy) is 1. The van der Waals surface area contributed by atoms with E-state index in [1.54, 1.807) is 23.6 Å². The van der Waals surface area contributed by atoms with Crippen LogP contribution in [-0.2, 0) is 10.0 Å². The van der Waals surface area contributed by atoms with Crippen LogP contribution in [0.25, 0.3) is 16.8 Å². The summed E-state index contributed by atoms with van der Waals surface area (Å²) in [4.78, 5) is 0. The van der Waals surface area contributed by atoms with Crippen molar-refractivity contribution < 1.29 is 21.9 Å². The van der Waals surface area contributed by atoms with E-state index in [2.05, 4.69) is 20.2 Å². The van der Waals surface area contributed by atoms with Crippen molar-refractivity contribution in [2.75, 3.05) is 22.3 Å². The summed E-state index contributed by atoms with van der Waals surface area (Å²) in [6, 6.07) is 9.49. The number of nitrogens with one attached hydrogen (secondary N) is 2. The zero-order valence-electron chi connectivity index (χ0n) is 18.8. The van der Waals surface area contributed by atoms with E-state index in [0.717, 1.165) is 12.1 Å². The van der Waals surface area contributed by atoms with Crippen LogP contribution in [0.2, 0.25) is 0 Å². The number of pyridine rings is 1. The zero-order chi connectivity index (χ0) is 24.5. The van der Waals surface area contributed by atoms with E-state index in [0.29, 0.717) is 40.5 Å². The molecular formula is C23H23F2N5O3S. The highest BCUT2D eigenvalue weighted by molar-refractivity contribution is 7.92. The molecule has 34 heavy (non-hydrogen) atoms. The Labute approximate surface area is 195 Å². The van der Waals surface area contributed by atoms with Crippen LogP contribution in [0.4, 0.5) is 20.2 Å². The Morgan fingerprint density at radius 3 is 2.50 bits per heavy atom. The summed E-state index contributed by atoms with van der Waals surface area (Å²) in [6.45, 7) is 5.91. The van der Waals surface area contributed by atoms with Crippen molar-refractivity contribution in [3.63, 3.8) is 0 Å². The summed E-state index contributed by atoms with van der Waals surface area (Å²) in [7, 11) is -3.53. The first-order valence-electron chi connectivity index (χ1n) is 10.6. The second kappa shape index (κ2) is 9.26. The number of aryl methyl sites for hydroxylation is 1. The largest absolute Gasteiger partial charge is 0.454 e. The summed E-state index contributed by atoms with van der Waals surface area (Å²) in [5, 5.41) is 11.6. The number of hydrogen-bond acceptors (Lipinski definition) is 6. The van der Waals surface area contributed by atoms with Gasteiger partial charge in [-0.05, 0) is 57.2 Å². The highest BCUT2D eigenvalue weighted by Gasteiger charge is 2.17. The fourth-order valence-corrected chi connectivity index (χ4v) is 4.04. The molecule has 11 heteroatoms. The minimum absolute atomic E-state index is 0.0994. The highest BCUT2D eigenvalue weighted by Crippen LogP contribution is 2.38. The maximum Gasteiger partial charge on any atom is 0.232 e. The molecule has 178 valence electrons. The van der Waals surface area contributed by atoms with Gasteiger partial charge in [0.25, 0.3) is 0 Å². The number of anilines is 2. The average Bonchev–Trinajstić information content (AvgIpc) is 3.17. The molecule has 0 aliphatic carbocycles. The van der Waals surface area contributed by atoms with Gasteiger partial charge >= 0.3 is 0 Å². The van der Waals surface area contributed by atoms with Crippen molar-refractivity contribution in [3.8, 4) is 22.6 Å². The minimum Gasteiger partial charge on any atom is -0.454 e. The van der Waals surface area contributed by atoms with Gasteiger partial charge < -0.3 is 10.1 Å². The molecule has 0 amide bonds. The summed E-state index contributed by atoms with van der Waals surface area (Å²) in [5.41, 5.74) is 2.77. The first-order valence-corrected chi connectivity index (χ1v) is 12.2. The van der Waals surface area contributed by atoms with Crippen molar-refractivity contribution in [1.29, 1.82) is 0 Å². The van der Waals surface area contributed by atoms with Crippen LogP contribution in [0, 0.1) is 18.6 Å². The lowest BCUT2D eigenvalue weighted by atomic mass is 10.0. The fourth-order valence-electron chi connectivity index (χ4n) is 3.41. The quantitative estimate of drug-likeness (QED) is 0.364. The van der Waals surface area contributed by atoms with E-state index in [1.165, 1.54) is 25.1 Å². The molecule has 4 rings (SSSR count). The lowest BCUT2D eigenvalue weighted by Crippen LogP contribution is -2.14. The third-order valence-electron chi connectivity index (χ3n) is 5.10. The number of benzene rings is 2. The van der Waals surface area contributed by atoms with Gasteiger partial charge in [-0.25, -0.2) is 17.2 Å². The molecule has 0 unspecified atom stereocenters. The fraction of sp³-hybridized carbons (Fsp3) is 0.217. The van der Waals surface area contributed by atoms with E-state index in [-0.39, 0.29) is 17.3 Å². The molecule has 2 N–H and O–H groups in total. The number of hydrogen-bond donors (Lipinski definition) is 2. The lowest BCUT2D eigenvalue weighted by molar-refractivity contribution is 0.439. The van der Waals surface area contributed by atoms with Gasteiger partial charge in [-0.15, -0.1) is 10.2 Å². The van der Waals surface area contributed by atoms with Gasteiger partial charge in [0.05, 0.1) is 11.4 Å². The third-order valence-corrected chi connectivity index (χ3v) is 6.41. The van der Waals surface area contributed by atoms with Gasteiger partial charge in [-0.1, -0.05) is 0 Å². The number of aromatic nitrogens is 3. The van der Waals surface area contributed by atoms with E-state index < -0.39 is 21.7 Å². The summed E-state index contributed by atoms with van der Waals surface area (Å²) >= 11 is 0. The molecule has 0 atom stereocenters. The number of rotatable bonds is 8. The van der Waals surface area contributed by atoms with Crippen molar-refractivity contribution in [3.05, 3.63) is 66.1 Å². The number of sulfonamides is 1. The van der Waals surface area contributed by atoms with Crippen LogP contribution in [0.5, 0.6) is 11.5 Å². The molecule has 0 saturated carbocycles. The summed E-state index contributed by atoms with van der Waals surface area (Å²) in [5.74, 6) is -0.961. The van der Waals surface area contributed by atoms with E-state index in [1.807, 2.05) is 13.0 Å². The molecule has 0 bridgehead atoms. The molecule has 0 aliphatic rings. The number of fused-ring (bicyclic) bond motifs is 1. The predicted molar refractivity (Wildman–Crippen MR) is 127 cm³/mol. The Hall–Kier alpha value is -3.73. The SMILES string of the molecule is CCNc1cc(-c2cc(NS(=O)(=O)CC)ccc2Oc2ccc(F)cc2F)cn2c(C)nnc12. The Balaban J connectivity index is 1.89. The molecule has 2 aromatic carbocycles. The molecule has 0 spiro atoms. The van der Waals surface area contributed by atoms with Crippen molar-refractivity contribution >= 4 is 27.0 Å². The molecule has 2 heterocycles. The Morgan fingerprint density at radius 2 is 1.79 bits per heavy atom. The maximum absolute atomic E-state index is 14.3. The first-order chi connectivity index (χ1) is 16.2. The third kappa shape index (κ3) is 4.79. The Morgan fingerprint density at radius 1 is 1.03 bits per heavy atom. The van der Waals surface area contributed by atoms with E-state index in [9.17, 15) is 17.2 Å². The maximum atomic E-state index is 14.3. The van der Waals surface area contributed by atoms with Crippen LogP contribution in [0.15, 0.2) is 48.7 Å². The number of halogens is 2. The molecule has 0 radical (unpaired) electrons. The Kier molecular flexibility index (Phi) is 6.38. The van der Waals surface area contributed by atoms with E-state index in [4.69, 9.17) is 4.74 Å². The standard InChI is InChI=1S/C23H23F2N5O3S/c1-4-26-20-10-15(13-30-14(3)27-28-23(20)30)18-12-17(29-34(31,32)5-2)7-9-21(18)33-22-8-6-16(24)11-19(22)25/h6-13,26,29H,4-5H2,1-3H3. The smallest absolute Gasteiger partial charge is 0.232 e. The van der Waals surface area contributed by atoms with Gasteiger partial charge in [0, 0.05) is 35.6 Å². The van der Waals surface area contributed by atoms with Gasteiger partial charge in [-0.3, -0.25) is 9.12 Å². The second-order valence-corrected chi connectivity index (χ2v) is 9.52. The molecular weight excluding hydrogens is 464 g/mol. The van der Waals surface area contributed by atoms with Gasteiger partial charge in [0.1, 0.15) is 17.4 Å². The van der Waals surface area contributed by atoms with E-state index >= 15 is 0 Å². The molecule has 8 nitrogen and oxygen atoms in total.